The summed E-state index contributed by atoms with van der Waals surface area (Å²) < 4.78 is 20.0. The van der Waals surface area contributed by atoms with E-state index in [-0.39, 0.29) is 25.0 Å². The Morgan fingerprint density at radius 3 is 2.56 bits per heavy atom. The fourth-order valence-corrected chi connectivity index (χ4v) is 5.54. The summed E-state index contributed by atoms with van der Waals surface area (Å²) in [7, 11) is -4.46. The smallest absolute Gasteiger partial charge is 0.382 e. The van der Waals surface area contributed by atoms with Gasteiger partial charge in [0.15, 0.2) is 11.5 Å². The summed E-state index contributed by atoms with van der Waals surface area (Å²) in [4.78, 5) is 41.6. The molecule has 2 aromatic heterocycles. The molecule has 2 aromatic carbocycles. The second-order valence-electron chi connectivity index (χ2n) is 9.77. The minimum atomic E-state index is -4.46. The lowest BCUT2D eigenvalue weighted by atomic mass is 10.1. The summed E-state index contributed by atoms with van der Waals surface area (Å²) in [5.41, 5.74) is 11.7. The number of imidazole rings is 1. The van der Waals surface area contributed by atoms with Gasteiger partial charge in [0.1, 0.15) is 17.9 Å². The van der Waals surface area contributed by atoms with Crippen molar-refractivity contribution in [3.63, 3.8) is 0 Å². The quantitative estimate of drug-likeness (QED) is 0.0802. The van der Waals surface area contributed by atoms with Gasteiger partial charge in [-0.05, 0) is 30.4 Å². The third kappa shape index (κ3) is 7.63. The highest BCUT2D eigenvalue weighted by atomic mass is 31.2. The number of carbonyl (C=O) groups excluding carboxylic acids is 1. The van der Waals surface area contributed by atoms with E-state index in [1.807, 2.05) is 77.4 Å². The number of hydroxylamine groups is 1. The van der Waals surface area contributed by atoms with E-state index in [0.29, 0.717) is 36.4 Å². The largest absolute Gasteiger partial charge is 0.432 e. The zero-order valence-electron chi connectivity index (χ0n) is 22.2. The maximum absolute atomic E-state index is 13.1. The van der Waals surface area contributed by atoms with Crippen molar-refractivity contribution in [3.05, 3.63) is 96.6 Å². The van der Waals surface area contributed by atoms with Crippen molar-refractivity contribution in [1.82, 2.24) is 30.1 Å². The van der Waals surface area contributed by atoms with Gasteiger partial charge in [0.2, 0.25) is 5.91 Å². The van der Waals surface area contributed by atoms with Gasteiger partial charge in [-0.1, -0.05) is 72.8 Å². The molecule has 0 saturated carbocycles. The van der Waals surface area contributed by atoms with E-state index < -0.39 is 19.7 Å². The topological polar surface area (TPSA) is 167 Å². The highest BCUT2D eigenvalue weighted by Crippen LogP contribution is 2.40. The number of hydrogen-bond donors (Lipinski definition) is 4. The van der Waals surface area contributed by atoms with Crippen LogP contribution in [0.1, 0.15) is 23.6 Å². The average molecular weight is 578 g/mol. The molecule has 0 bridgehead atoms. The highest BCUT2D eigenvalue weighted by molar-refractivity contribution is 7.51. The van der Waals surface area contributed by atoms with Crippen LogP contribution in [0.4, 0.5) is 5.82 Å². The number of nitrogens with two attached hydrogens (primary N) is 1. The Morgan fingerprint density at radius 2 is 1.80 bits per heavy atom. The van der Waals surface area contributed by atoms with Crippen molar-refractivity contribution in [1.29, 1.82) is 0 Å². The van der Waals surface area contributed by atoms with Gasteiger partial charge < -0.3 is 20.0 Å². The number of nitrogens with zero attached hydrogens (tertiary/aromatic N) is 4. The molecule has 3 unspecified atom stereocenters. The summed E-state index contributed by atoms with van der Waals surface area (Å²) >= 11 is 0. The molecular weight excluding hydrogens is 545 g/mol. The fraction of sp³-hybridized carbons (Fsp3) is 0.286. The Morgan fingerprint density at radius 1 is 1.07 bits per heavy atom. The molecule has 4 aromatic rings. The normalized spacial score (nSPS) is 18.8. The zero-order chi connectivity index (χ0) is 28.7. The molecular formula is C28H32N7O5P. The van der Waals surface area contributed by atoms with E-state index in [2.05, 4.69) is 25.5 Å². The van der Waals surface area contributed by atoms with Crippen LogP contribution in [0.25, 0.3) is 11.2 Å². The number of amides is 1. The Kier molecular flexibility index (Phi) is 9.17. The first-order chi connectivity index (χ1) is 19.9. The molecule has 0 aliphatic heterocycles. The second kappa shape index (κ2) is 13.2. The van der Waals surface area contributed by atoms with Crippen LogP contribution in [-0.2, 0) is 31.6 Å². The van der Waals surface area contributed by atoms with Crippen molar-refractivity contribution in [2.45, 2.75) is 31.3 Å². The molecule has 41 heavy (non-hydrogen) atoms. The number of allylic oxidation sites excluding steroid dienone is 1. The van der Waals surface area contributed by atoms with E-state index in [1.54, 1.807) is 6.33 Å². The number of rotatable bonds is 13. The molecule has 13 heteroatoms. The molecule has 0 saturated heterocycles. The zero-order valence-corrected chi connectivity index (χ0v) is 23.1. The monoisotopic (exact) mass is 577 g/mol. The molecule has 0 radical (unpaired) electrons. The van der Waals surface area contributed by atoms with Gasteiger partial charge in [0, 0.05) is 5.92 Å². The van der Waals surface area contributed by atoms with Crippen LogP contribution in [0, 0.1) is 5.92 Å². The number of nitrogen functional groups attached to an aromatic ring is 1. The van der Waals surface area contributed by atoms with E-state index >= 15 is 0 Å². The van der Waals surface area contributed by atoms with Crippen molar-refractivity contribution in [3.8, 4) is 0 Å². The Hall–Kier alpha value is -3.93. The van der Waals surface area contributed by atoms with Crippen LogP contribution in [0.5, 0.6) is 0 Å². The van der Waals surface area contributed by atoms with Crippen LogP contribution in [0.2, 0.25) is 0 Å². The first-order valence-corrected chi connectivity index (χ1v) is 14.8. The van der Waals surface area contributed by atoms with Crippen LogP contribution >= 0.6 is 7.75 Å². The van der Waals surface area contributed by atoms with Gasteiger partial charge >= 0.3 is 7.75 Å². The van der Waals surface area contributed by atoms with E-state index in [9.17, 15) is 14.3 Å². The number of fused-ring (bicyclic) bond motifs is 1. The van der Waals surface area contributed by atoms with Crippen LogP contribution < -0.4 is 16.3 Å². The molecule has 0 spiro atoms. The fourth-order valence-electron chi connectivity index (χ4n) is 4.65. The molecule has 1 aliphatic carbocycles. The minimum absolute atomic E-state index is 0.0604. The Labute approximate surface area is 237 Å². The maximum Gasteiger partial charge on any atom is 0.432 e. The predicted molar refractivity (Wildman–Crippen MR) is 153 cm³/mol. The molecule has 12 nitrogen and oxygen atoms in total. The number of aromatic nitrogens is 4. The molecule has 1 aliphatic rings. The number of anilines is 1. The molecule has 214 valence electrons. The number of benzene rings is 2. The highest BCUT2D eigenvalue weighted by Gasteiger charge is 2.31. The summed E-state index contributed by atoms with van der Waals surface area (Å²) in [6.45, 7) is 0.255. The van der Waals surface area contributed by atoms with Crippen LogP contribution in [0.3, 0.4) is 0 Å². The minimum Gasteiger partial charge on any atom is -0.382 e. The van der Waals surface area contributed by atoms with Gasteiger partial charge in [0.25, 0.3) is 0 Å². The number of nitrogens with one attached hydrogen (secondary N) is 2. The van der Waals surface area contributed by atoms with Crippen molar-refractivity contribution >= 4 is 30.6 Å². The summed E-state index contributed by atoms with van der Waals surface area (Å²) in [5.74, 6) is -0.566. The summed E-state index contributed by atoms with van der Waals surface area (Å²) in [6, 6.07) is 18.1. The SMILES string of the molecule is Nc1ncnc2c1ncn2C1C=CC(COP(=O)(O)NC(=O)[C@H](Cc2ccccc2)NOCCc2ccccc2)C1. The van der Waals surface area contributed by atoms with Gasteiger partial charge in [-0.15, -0.1) is 0 Å². The standard InChI is InChI=1S/C28H32N7O5P/c29-26-25-27(31-18-30-26)35(19-32-25)23-12-11-22(15-23)17-40-41(37,38)34-28(36)24(16-21-9-5-2-6-10-21)33-39-14-13-20-7-3-1-4-8-20/h1-12,18-19,22-24,33H,13-17H2,(H2,29,30,31)(H2,34,36,37,38)/t22?,23?,24-/m0/s1. The lowest BCUT2D eigenvalue weighted by molar-refractivity contribution is -0.126. The predicted octanol–water partition coefficient (Wildman–Crippen LogP) is 3.13. The van der Waals surface area contributed by atoms with Gasteiger partial charge in [-0.25, -0.2) is 19.5 Å². The van der Waals surface area contributed by atoms with Gasteiger partial charge in [-0.2, -0.15) is 5.48 Å². The summed E-state index contributed by atoms with van der Waals surface area (Å²) in [6.07, 6.45) is 8.38. The molecule has 1 amide bonds. The van der Waals surface area contributed by atoms with Crippen molar-refractivity contribution < 1.29 is 23.6 Å². The third-order valence-corrected chi connectivity index (χ3v) is 7.77. The second-order valence-corrected chi connectivity index (χ2v) is 11.3. The first-order valence-electron chi connectivity index (χ1n) is 13.2. The first kappa shape index (κ1) is 28.6. The molecule has 4 atom stereocenters. The molecule has 5 N–H and O–H groups in total. The van der Waals surface area contributed by atoms with E-state index in [0.717, 1.165) is 11.1 Å². The number of carbonyl (C=O) groups is 1. The van der Waals surface area contributed by atoms with E-state index in [1.165, 1.54) is 6.33 Å². The van der Waals surface area contributed by atoms with Crippen LogP contribution in [-0.4, -0.2) is 49.6 Å². The van der Waals surface area contributed by atoms with Crippen LogP contribution in [0.15, 0.2) is 85.5 Å². The van der Waals surface area contributed by atoms with Gasteiger partial charge in [-0.3, -0.25) is 14.4 Å². The summed E-state index contributed by atoms with van der Waals surface area (Å²) in [5, 5.41) is 2.17. The van der Waals surface area contributed by atoms with E-state index in [4.69, 9.17) is 15.1 Å². The molecule has 0 fully saturated rings. The lowest BCUT2D eigenvalue weighted by Crippen LogP contribution is -2.45. The van der Waals surface area contributed by atoms with Crippen molar-refractivity contribution in [2.24, 2.45) is 5.92 Å². The molecule has 5 rings (SSSR count). The Bertz CT molecular complexity index is 1530. The average Bonchev–Trinajstić information content (AvgIpc) is 3.62. The van der Waals surface area contributed by atoms with Gasteiger partial charge in [0.05, 0.1) is 25.6 Å². The maximum atomic E-state index is 13.1. The number of hydrogen-bond acceptors (Lipinski definition) is 9. The Balaban J connectivity index is 1.14. The van der Waals surface area contributed by atoms with Crippen molar-refractivity contribution in [2.75, 3.05) is 18.9 Å². The molecule has 2 heterocycles. The lowest BCUT2D eigenvalue weighted by Gasteiger charge is -2.21. The third-order valence-electron chi connectivity index (χ3n) is 6.77.